The summed E-state index contributed by atoms with van der Waals surface area (Å²) < 4.78 is 34.3. The molecule has 170 valence electrons. The van der Waals surface area contributed by atoms with Crippen molar-refractivity contribution in [3.8, 4) is 0 Å². The van der Waals surface area contributed by atoms with Crippen molar-refractivity contribution in [2.75, 3.05) is 0 Å². The van der Waals surface area contributed by atoms with Crippen LogP contribution in [-0.4, -0.2) is 36.2 Å². The van der Waals surface area contributed by atoms with Crippen molar-refractivity contribution in [2.45, 2.75) is 89.5 Å². The van der Waals surface area contributed by atoms with Gasteiger partial charge in [0.05, 0.1) is 0 Å². The number of fused-ring (bicyclic) bond motifs is 1. The average Bonchev–Trinajstić information content (AvgIpc) is 3.35. The van der Waals surface area contributed by atoms with Crippen molar-refractivity contribution in [2.24, 2.45) is 0 Å². The zero-order chi connectivity index (χ0) is 22.5. The van der Waals surface area contributed by atoms with Gasteiger partial charge in [0.15, 0.2) is 0 Å². The van der Waals surface area contributed by atoms with Crippen LogP contribution in [0.2, 0.25) is 13.3 Å². The maximum atomic E-state index is 13.3. The monoisotopic (exact) mass is 568 g/mol. The van der Waals surface area contributed by atoms with E-state index in [0.717, 1.165) is 10.4 Å². The van der Waals surface area contributed by atoms with Crippen molar-refractivity contribution < 1.29 is 8.42 Å². The molecule has 2 heterocycles. The Morgan fingerprint density at radius 1 is 0.935 bits per heavy atom. The summed E-state index contributed by atoms with van der Waals surface area (Å²) in [5, 5.41) is 0.217. The molecule has 2 aromatic heterocycles. The first-order valence-corrected chi connectivity index (χ1v) is 21.4. The molecule has 0 aliphatic heterocycles. The predicted octanol–water partition coefficient (Wildman–Crippen LogP) is 6.59. The van der Waals surface area contributed by atoms with E-state index < -0.39 is 28.2 Å². The Morgan fingerprint density at radius 3 is 2.00 bits per heavy atom. The predicted molar refractivity (Wildman–Crippen MR) is 134 cm³/mol. The molecule has 0 unspecified atom stereocenters. The molecule has 0 saturated carbocycles. The van der Waals surface area contributed by atoms with Crippen molar-refractivity contribution in [3.05, 3.63) is 42.4 Å². The zero-order valence-electron chi connectivity index (χ0n) is 19.4. The van der Waals surface area contributed by atoms with E-state index in [-0.39, 0.29) is 5.03 Å². The van der Waals surface area contributed by atoms with Gasteiger partial charge in [-0.05, 0) is 0 Å². The Balaban J connectivity index is 2.07. The van der Waals surface area contributed by atoms with Crippen molar-refractivity contribution in [3.63, 3.8) is 0 Å². The molecule has 0 spiro atoms. The van der Waals surface area contributed by atoms with Gasteiger partial charge in [-0.3, -0.25) is 0 Å². The van der Waals surface area contributed by atoms with E-state index in [1.165, 1.54) is 54.7 Å². The normalized spacial score (nSPS) is 12.6. The summed E-state index contributed by atoms with van der Waals surface area (Å²) >= 11 is -0.874. The average molecular weight is 567 g/mol. The number of hydrogen-bond donors (Lipinski definition) is 0. The number of unbranched alkanes of at least 4 members (excludes halogenated alkanes) is 3. The standard InChI is InChI=1S/C12H9N2O2S2.3C4H9.Sn/c1-9-2-4-10(5-3-9)18(15,16)11-12-14(8-13-11)6-7-17-12;3*1-3-4-2;/h2-6,8H,1H3;3*1,3-4H2,2H3;. The maximum absolute atomic E-state index is 13.3. The summed E-state index contributed by atoms with van der Waals surface area (Å²) in [4.78, 5) is 5.46. The molecule has 0 bridgehead atoms. The van der Waals surface area contributed by atoms with Crippen LogP contribution in [0.15, 0.2) is 46.7 Å². The van der Waals surface area contributed by atoms with Crippen LogP contribution in [0.25, 0.3) is 4.83 Å². The molecule has 4 nitrogen and oxygen atoms in total. The van der Waals surface area contributed by atoms with Gasteiger partial charge in [-0.1, -0.05) is 0 Å². The van der Waals surface area contributed by atoms with E-state index in [1.807, 2.05) is 23.5 Å². The summed E-state index contributed by atoms with van der Waals surface area (Å²) in [6.07, 6.45) is 11.5. The van der Waals surface area contributed by atoms with Crippen molar-refractivity contribution in [1.29, 1.82) is 0 Å². The molecule has 31 heavy (non-hydrogen) atoms. The van der Waals surface area contributed by atoms with Gasteiger partial charge in [0.1, 0.15) is 0 Å². The third-order valence-electron chi connectivity index (χ3n) is 6.31. The Hall–Kier alpha value is -0.861. The Labute approximate surface area is 195 Å². The number of aryl methyl sites for hydroxylation is 1. The molecule has 0 radical (unpaired) electrons. The fraction of sp³-hybridized carbons (Fsp3) is 0.542. The van der Waals surface area contributed by atoms with Crippen LogP contribution in [-0.2, 0) is 9.84 Å². The van der Waals surface area contributed by atoms with Gasteiger partial charge in [-0.2, -0.15) is 0 Å². The number of nitrogens with zero attached hydrogens (tertiary/aromatic N) is 2. The van der Waals surface area contributed by atoms with Gasteiger partial charge < -0.3 is 0 Å². The van der Waals surface area contributed by atoms with Crippen LogP contribution in [0.5, 0.6) is 0 Å². The Morgan fingerprint density at radius 2 is 1.48 bits per heavy atom. The molecule has 0 aliphatic carbocycles. The number of thiazole rings is 1. The molecular weight excluding hydrogens is 531 g/mol. The minimum absolute atomic E-state index is 0.217. The SMILES string of the molecule is CCC[CH2][Sn]([CH2]CCC)([CH2]CCC)[c]1cn2cnc(S(=O)(=O)c3ccc(C)cc3)c2s1. The first-order chi connectivity index (χ1) is 14.9. The number of hydrogen-bond acceptors (Lipinski definition) is 4. The summed E-state index contributed by atoms with van der Waals surface area (Å²) in [6.45, 7) is 8.82. The molecule has 3 aromatic rings. The molecule has 0 fully saturated rings. The van der Waals surface area contributed by atoms with Crippen LogP contribution in [0.4, 0.5) is 0 Å². The summed E-state index contributed by atoms with van der Waals surface area (Å²) in [5.74, 6) is 0. The van der Waals surface area contributed by atoms with Crippen LogP contribution >= 0.6 is 11.3 Å². The van der Waals surface area contributed by atoms with Gasteiger partial charge in [-0.15, -0.1) is 0 Å². The van der Waals surface area contributed by atoms with Crippen LogP contribution in [0.3, 0.4) is 0 Å². The molecule has 7 heteroatoms. The molecule has 0 saturated heterocycles. The molecule has 0 aliphatic rings. The van der Waals surface area contributed by atoms with E-state index in [4.69, 9.17) is 0 Å². The summed E-state index contributed by atoms with van der Waals surface area (Å²) in [5.41, 5.74) is 1.05. The minimum atomic E-state index is -3.62. The van der Waals surface area contributed by atoms with Crippen molar-refractivity contribution >= 4 is 47.3 Å². The number of rotatable bonds is 12. The second kappa shape index (κ2) is 10.8. The number of aromatic nitrogens is 2. The molecule has 0 atom stereocenters. The second-order valence-electron chi connectivity index (χ2n) is 8.77. The number of benzene rings is 1. The zero-order valence-corrected chi connectivity index (χ0v) is 23.8. The first kappa shape index (κ1) is 24.8. The molecule has 3 rings (SSSR count). The summed E-state index contributed by atoms with van der Waals surface area (Å²) in [7, 11) is -3.62. The number of sulfone groups is 1. The van der Waals surface area contributed by atoms with Crippen molar-refractivity contribution in [1.82, 2.24) is 9.38 Å². The quantitative estimate of drug-likeness (QED) is 0.232. The fourth-order valence-electron chi connectivity index (χ4n) is 4.33. The van der Waals surface area contributed by atoms with Gasteiger partial charge in [0.25, 0.3) is 0 Å². The third-order valence-corrected chi connectivity index (χ3v) is 27.4. The first-order valence-electron chi connectivity index (χ1n) is 11.7. The van der Waals surface area contributed by atoms with Crippen LogP contribution < -0.4 is 2.89 Å². The van der Waals surface area contributed by atoms with Gasteiger partial charge >= 0.3 is 197 Å². The van der Waals surface area contributed by atoms with E-state index in [9.17, 15) is 8.42 Å². The van der Waals surface area contributed by atoms with Crippen LogP contribution in [0.1, 0.15) is 64.9 Å². The molecule has 0 N–H and O–H groups in total. The molecular formula is C24H36N2O2S2Sn. The third kappa shape index (κ3) is 5.38. The summed E-state index contributed by atoms with van der Waals surface area (Å²) in [6, 6.07) is 7.08. The van der Waals surface area contributed by atoms with E-state index >= 15 is 0 Å². The van der Waals surface area contributed by atoms with E-state index in [2.05, 4.69) is 32.0 Å². The Bertz CT molecular complexity index is 1060. The van der Waals surface area contributed by atoms with Gasteiger partial charge in [0, 0.05) is 0 Å². The second-order valence-corrected chi connectivity index (χ2v) is 25.8. The van der Waals surface area contributed by atoms with Gasteiger partial charge in [-0.25, -0.2) is 0 Å². The topological polar surface area (TPSA) is 51.4 Å². The fourth-order valence-corrected chi connectivity index (χ4v) is 25.9. The molecule has 1 aromatic carbocycles. The van der Waals surface area contributed by atoms with E-state index in [0.29, 0.717) is 4.90 Å². The molecule has 0 amide bonds. The Kier molecular flexibility index (Phi) is 8.66. The van der Waals surface area contributed by atoms with E-state index in [1.54, 1.807) is 29.8 Å². The van der Waals surface area contributed by atoms with Gasteiger partial charge in [0.2, 0.25) is 0 Å². The van der Waals surface area contributed by atoms with Crippen LogP contribution in [0, 0.1) is 6.92 Å². The number of imidazole rings is 1.